The van der Waals surface area contributed by atoms with Gasteiger partial charge in [0.25, 0.3) is 7.82 Å². The molecule has 0 saturated carbocycles. The van der Waals surface area contributed by atoms with Crippen LogP contribution in [0.5, 0.6) is 0 Å². The van der Waals surface area contributed by atoms with Crippen molar-refractivity contribution in [3.05, 3.63) is 24.3 Å². The summed E-state index contributed by atoms with van der Waals surface area (Å²) in [5.41, 5.74) is 0. The van der Waals surface area contributed by atoms with Crippen LogP contribution in [0.3, 0.4) is 0 Å². The van der Waals surface area contributed by atoms with E-state index >= 15 is 0 Å². The van der Waals surface area contributed by atoms with Crippen molar-refractivity contribution in [2.75, 3.05) is 40.9 Å². The molecule has 9 heteroatoms. The molecule has 0 aromatic carbocycles. The molecule has 3 unspecified atom stereocenters. The lowest BCUT2D eigenvalue weighted by molar-refractivity contribution is -0.870. The molecular formula is C52H103N2O6P. The molecule has 0 aromatic heterocycles. The number of phosphoric acid groups is 1. The molecule has 0 saturated heterocycles. The van der Waals surface area contributed by atoms with Crippen LogP contribution in [-0.4, -0.2) is 68.5 Å². The van der Waals surface area contributed by atoms with E-state index in [1.807, 2.05) is 27.2 Å². The molecule has 8 nitrogen and oxygen atoms in total. The highest BCUT2D eigenvalue weighted by molar-refractivity contribution is 7.45. The Morgan fingerprint density at radius 2 is 0.918 bits per heavy atom. The summed E-state index contributed by atoms with van der Waals surface area (Å²) < 4.78 is 23.2. The fourth-order valence-electron chi connectivity index (χ4n) is 7.76. The second kappa shape index (κ2) is 44.2. The normalized spacial score (nSPS) is 14.3. The van der Waals surface area contributed by atoms with E-state index < -0.39 is 20.0 Å². The molecule has 3 atom stereocenters. The number of amides is 1. The maximum Gasteiger partial charge on any atom is 0.268 e. The Balaban J connectivity index is 4.17. The molecule has 362 valence electrons. The lowest BCUT2D eigenvalue weighted by atomic mass is 10.0. The van der Waals surface area contributed by atoms with Crippen molar-refractivity contribution in [3.63, 3.8) is 0 Å². The van der Waals surface area contributed by atoms with Gasteiger partial charge >= 0.3 is 0 Å². The van der Waals surface area contributed by atoms with E-state index in [4.69, 9.17) is 9.05 Å². The molecule has 61 heavy (non-hydrogen) atoms. The molecule has 1 amide bonds. The number of unbranched alkanes of at least 4 members (excludes halogenated alkanes) is 33. The first-order valence-corrected chi connectivity index (χ1v) is 27.7. The van der Waals surface area contributed by atoms with Gasteiger partial charge < -0.3 is 28.8 Å². The Morgan fingerprint density at radius 3 is 1.33 bits per heavy atom. The number of aliphatic hydroxyl groups is 1. The standard InChI is InChI=1S/C52H103N2O6P/c1-6-8-10-12-14-16-18-19-20-21-22-23-24-25-26-27-28-29-30-31-32-33-34-36-37-39-41-43-45-51(55)50(49-60-61(57,58)59-48-47-54(3,4)5)53-52(56)46-44-42-40-38-35-17-15-13-11-9-7-2/h36-37,43,45,50-51,55H,6-35,38-42,44,46-49H2,1-5H3,(H-,53,56,57,58)/b37-36+,45-43+. The molecule has 0 fully saturated rings. The summed E-state index contributed by atoms with van der Waals surface area (Å²) in [5, 5.41) is 13.8. The quantitative estimate of drug-likeness (QED) is 0.0273. The minimum Gasteiger partial charge on any atom is -0.756 e. The Morgan fingerprint density at radius 1 is 0.557 bits per heavy atom. The number of rotatable bonds is 48. The number of hydrogen-bond donors (Lipinski definition) is 2. The number of nitrogens with zero attached hydrogens (tertiary/aromatic N) is 1. The van der Waals surface area contributed by atoms with Crippen LogP contribution in [0, 0.1) is 0 Å². The summed E-state index contributed by atoms with van der Waals surface area (Å²) in [7, 11) is 1.25. The lowest BCUT2D eigenvalue weighted by Gasteiger charge is -2.29. The summed E-state index contributed by atoms with van der Waals surface area (Å²) in [6.45, 7) is 4.64. The number of aliphatic hydroxyl groups excluding tert-OH is 1. The summed E-state index contributed by atoms with van der Waals surface area (Å²) in [6.07, 6.45) is 54.1. The first-order valence-electron chi connectivity index (χ1n) is 26.2. The number of allylic oxidation sites excluding steroid dienone is 3. The van der Waals surface area contributed by atoms with Crippen LogP contribution in [0.4, 0.5) is 0 Å². The molecule has 0 aliphatic rings. The van der Waals surface area contributed by atoms with Crippen molar-refractivity contribution in [1.82, 2.24) is 5.32 Å². The SMILES string of the molecule is CCCCCCCCCCCCCCCCCCCCCCCC/C=C/CC/C=C/C(O)C(COP(=O)([O-])OCC[N+](C)(C)C)NC(=O)CCCCCCCCCCCCC. The zero-order chi connectivity index (χ0) is 45.0. The van der Waals surface area contributed by atoms with Gasteiger partial charge in [0.05, 0.1) is 39.9 Å². The predicted molar refractivity (Wildman–Crippen MR) is 261 cm³/mol. The predicted octanol–water partition coefficient (Wildman–Crippen LogP) is 14.6. The van der Waals surface area contributed by atoms with Gasteiger partial charge in [-0.1, -0.05) is 237 Å². The highest BCUT2D eigenvalue weighted by Gasteiger charge is 2.23. The molecule has 0 aliphatic heterocycles. The van der Waals surface area contributed by atoms with Crippen LogP contribution >= 0.6 is 7.82 Å². The van der Waals surface area contributed by atoms with E-state index in [0.29, 0.717) is 17.4 Å². The summed E-state index contributed by atoms with van der Waals surface area (Å²) in [6, 6.07) is -0.898. The van der Waals surface area contributed by atoms with Gasteiger partial charge in [0, 0.05) is 6.42 Å². The van der Waals surface area contributed by atoms with Crippen LogP contribution < -0.4 is 10.2 Å². The van der Waals surface area contributed by atoms with E-state index in [-0.39, 0.29) is 19.1 Å². The molecule has 2 N–H and O–H groups in total. The van der Waals surface area contributed by atoms with Crippen molar-refractivity contribution >= 4 is 13.7 Å². The molecule has 0 aliphatic carbocycles. The highest BCUT2D eigenvalue weighted by Crippen LogP contribution is 2.38. The van der Waals surface area contributed by atoms with Crippen LogP contribution in [-0.2, 0) is 18.4 Å². The summed E-state index contributed by atoms with van der Waals surface area (Å²) >= 11 is 0. The average Bonchev–Trinajstić information content (AvgIpc) is 3.21. The number of carbonyl (C=O) groups is 1. The third-order valence-corrected chi connectivity index (χ3v) is 12.9. The Hall–Kier alpha value is -1.02. The van der Waals surface area contributed by atoms with E-state index in [0.717, 1.165) is 38.5 Å². The van der Waals surface area contributed by atoms with Crippen LogP contribution in [0.1, 0.15) is 251 Å². The molecule has 0 radical (unpaired) electrons. The number of likely N-dealkylation sites (N-methyl/N-ethyl adjacent to an activating group) is 1. The Bertz CT molecular complexity index is 1050. The third-order valence-electron chi connectivity index (χ3n) is 11.9. The van der Waals surface area contributed by atoms with Gasteiger partial charge in [-0.15, -0.1) is 0 Å². The smallest absolute Gasteiger partial charge is 0.268 e. The minimum atomic E-state index is -4.59. The van der Waals surface area contributed by atoms with Gasteiger partial charge in [0.2, 0.25) is 5.91 Å². The third kappa shape index (κ3) is 46.8. The number of phosphoric ester groups is 1. The van der Waals surface area contributed by atoms with Crippen LogP contribution in [0.2, 0.25) is 0 Å². The number of nitrogens with one attached hydrogen (secondary N) is 1. The van der Waals surface area contributed by atoms with Crippen molar-refractivity contribution in [2.24, 2.45) is 0 Å². The molecular weight excluding hydrogens is 780 g/mol. The van der Waals surface area contributed by atoms with Gasteiger partial charge in [0.15, 0.2) is 0 Å². The van der Waals surface area contributed by atoms with Crippen molar-refractivity contribution < 1.29 is 32.9 Å². The van der Waals surface area contributed by atoms with Gasteiger partial charge in [-0.05, 0) is 32.1 Å². The van der Waals surface area contributed by atoms with Crippen molar-refractivity contribution in [3.8, 4) is 0 Å². The maximum atomic E-state index is 12.8. The molecule has 0 aromatic rings. The Kier molecular flexibility index (Phi) is 43.5. The Labute approximate surface area is 379 Å². The number of hydrogen-bond acceptors (Lipinski definition) is 6. The monoisotopic (exact) mass is 883 g/mol. The van der Waals surface area contributed by atoms with Crippen LogP contribution in [0.25, 0.3) is 0 Å². The van der Waals surface area contributed by atoms with Gasteiger partial charge in [-0.3, -0.25) is 9.36 Å². The molecule has 0 bridgehead atoms. The van der Waals surface area contributed by atoms with E-state index in [1.54, 1.807) is 6.08 Å². The highest BCUT2D eigenvalue weighted by atomic mass is 31.2. The lowest BCUT2D eigenvalue weighted by Crippen LogP contribution is -2.45. The summed E-state index contributed by atoms with van der Waals surface area (Å²) in [4.78, 5) is 25.3. The summed E-state index contributed by atoms with van der Waals surface area (Å²) in [5.74, 6) is -0.206. The first-order chi connectivity index (χ1) is 29.5. The van der Waals surface area contributed by atoms with E-state index in [2.05, 4.69) is 31.3 Å². The van der Waals surface area contributed by atoms with E-state index in [9.17, 15) is 19.4 Å². The number of quaternary nitrogens is 1. The second-order valence-corrected chi connectivity index (χ2v) is 20.6. The van der Waals surface area contributed by atoms with Crippen LogP contribution in [0.15, 0.2) is 24.3 Å². The second-order valence-electron chi connectivity index (χ2n) is 19.2. The van der Waals surface area contributed by atoms with Gasteiger partial charge in [-0.25, -0.2) is 0 Å². The van der Waals surface area contributed by atoms with Gasteiger partial charge in [-0.2, -0.15) is 0 Å². The fraction of sp³-hybridized carbons (Fsp3) is 0.904. The zero-order valence-electron chi connectivity index (χ0n) is 41.1. The van der Waals surface area contributed by atoms with Crippen molar-refractivity contribution in [1.29, 1.82) is 0 Å². The molecule has 0 heterocycles. The average molecular weight is 883 g/mol. The topological polar surface area (TPSA) is 108 Å². The zero-order valence-corrected chi connectivity index (χ0v) is 42.0. The fourth-order valence-corrected chi connectivity index (χ4v) is 8.48. The number of carbonyl (C=O) groups excluding carboxylic acids is 1. The maximum absolute atomic E-state index is 12.8. The van der Waals surface area contributed by atoms with E-state index in [1.165, 1.54) is 193 Å². The van der Waals surface area contributed by atoms with Crippen molar-refractivity contribution in [2.45, 2.75) is 264 Å². The molecule has 0 rings (SSSR count). The van der Waals surface area contributed by atoms with Gasteiger partial charge in [0.1, 0.15) is 13.2 Å². The molecule has 0 spiro atoms. The minimum absolute atomic E-state index is 0.00420. The largest absolute Gasteiger partial charge is 0.756 e. The first kappa shape index (κ1) is 60.0.